The number of amides is 1. The quantitative estimate of drug-likeness (QED) is 0.684. The molecule has 1 aliphatic rings. The monoisotopic (exact) mass is 243 g/mol. The first-order valence-electron chi connectivity index (χ1n) is 6.35. The summed E-state index contributed by atoms with van der Waals surface area (Å²) in [7, 11) is 0. The van der Waals surface area contributed by atoms with Crippen molar-refractivity contribution in [1.29, 1.82) is 0 Å². The molecule has 0 radical (unpaired) electrons. The Kier molecular flexibility index (Phi) is 5.36. The molecule has 1 amide bonds. The van der Waals surface area contributed by atoms with E-state index >= 15 is 0 Å². The molecule has 1 aliphatic heterocycles. The van der Waals surface area contributed by atoms with Crippen molar-refractivity contribution in [2.45, 2.75) is 26.4 Å². The fourth-order valence-corrected chi connectivity index (χ4v) is 2.05. The molecule has 0 spiro atoms. The summed E-state index contributed by atoms with van der Waals surface area (Å²) < 4.78 is 0. The summed E-state index contributed by atoms with van der Waals surface area (Å²) in [5, 5.41) is 12.8. The van der Waals surface area contributed by atoms with Crippen LogP contribution in [0.2, 0.25) is 0 Å². The van der Waals surface area contributed by atoms with E-state index in [4.69, 9.17) is 0 Å². The number of hydrogen-bond acceptors (Lipinski definition) is 4. The van der Waals surface area contributed by atoms with Gasteiger partial charge in [0.1, 0.15) is 0 Å². The first kappa shape index (κ1) is 14.4. The Morgan fingerprint density at radius 2 is 1.88 bits per heavy atom. The highest BCUT2D eigenvalue weighted by Gasteiger charge is 2.24. The fraction of sp³-hybridized carbons (Fsp3) is 0.917. The third-order valence-corrected chi connectivity index (χ3v) is 2.86. The number of carbonyl (C=O) groups is 1. The van der Waals surface area contributed by atoms with Crippen LogP contribution in [-0.2, 0) is 4.79 Å². The molecule has 5 nitrogen and oxygen atoms in total. The third-order valence-electron chi connectivity index (χ3n) is 2.86. The van der Waals surface area contributed by atoms with E-state index in [1.807, 2.05) is 25.7 Å². The first-order valence-corrected chi connectivity index (χ1v) is 6.35. The van der Waals surface area contributed by atoms with Gasteiger partial charge in [-0.25, -0.2) is 0 Å². The van der Waals surface area contributed by atoms with Crippen LogP contribution >= 0.6 is 0 Å². The maximum atomic E-state index is 11.7. The summed E-state index contributed by atoms with van der Waals surface area (Å²) in [6.45, 7) is 10.8. The van der Waals surface area contributed by atoms with Gasteiger partial charge in [0.15, 0.2) is 0 Å². The molecule has 0 atom stereocenters. The zero-order valence-electron chi connectivity index (χ0n) is 11.2. The van der Waals surface area contributed by atoms with Crippen LogP contribution in [0.1, 0.15) is 20.8 Å². The standard InChI is InChI=1S/C12H25N3O2/c1-4-13-9-11(16)15-7-5-14(6-8-15)10-12(2,3)17/h13,17H,4-10H2,1-3H3. The van der Waals surface area contributed by atoms with Crippen molar-refractivity contribution in [1.82, 2.24) is 15.1 Å². The van der Waals surface area contributed by atoms with Crippen molar-refractivity contribution in [3.63, 3.8) is 0 Å². The van der Waals surface area contributed by atoms with E-state index in [1.165, 1.54) is 0 Å². The zero-order valence-corrected chi connectivity index (χ0v) is 11.2. The second-order valence-electron chi connectivity index (χ2n) is 5.25. The molecule has 0 unspecified atom stereocenters. The van der Waals surface area contributed by atoms with Gasteiger partial charge in [0.25, 0.3) is 0 Å². The van der Waals surface area contributed by atoms with Crippen molar-refractivity contribution < 1.29 is 9.90 Å². The number of β-amino-alcohol motifs (C(OH)–C–C–N with tert-alkyl or cyclic N) is 1. The number of aliphatic hydroxyl groups is 1. The van der Waals surface area contributed by atoms with Crippen LogP contribution in [0.3, 0.4) is 0 Å². The van der Waals surface area contributed by atoms with Crippen LogP contribution in [0.4, 0.5) is 0 Å². The minimum absolute atomic E-state index is 0.176. The number of likely N-dealkylation sites (N-methyl/N-ethyl adjacent to an activating group) is 1. The van der Waals surface area contributed by atoms with Crippen LogP contribution in [0.15, 0.2) is 0 Å². The lowest BCUT2D eigenvalue weighted by Crippen LogP contribution is -2.53. The van der Waals surface area contributed by atoms with Crippen LogP contribution in [0.25, 0.3) is 0 Å². The molecule has 2 N–H and O–H groups in total. The first-order chi connectivity index (χ1) is 7.92. The summed E-state index contributed by atoms with van der Waals surface area (Å²) in [6.07, 6.45) is 0. The second kappa shape index (κ2) is 6.33. The van der Waals surface area contributed by atoms with Gasteiger partial charge in [-0.1, -0.05) is 6.92 Å². The molecule has 1 rings (SSSR count). The summed E-state index contributed by atoms with van der Waals surface area (Å²) in [5.41, 5.74) is -0.657. The van der Waals surface area contributed by atoms with Crippen LogP contribution in [-0.4, -0.2) is 72.2 Å². The number of carbonyl (C=O) groups excluding carboxylic acids is 1. The van der Waals surface area contributed by atoms with E-state index in [9.17, 15) is 9.90 Å². The van der Waals surface area contributed by atoms with Gasteiger partial charge in [-0.15, -0.1) is 0 Å². The Morgan fingerprint density at radius 3 is 2.35 bits per heavy atom. The van der Waals surface area contributed by atoms with Gasteiger partial charge in [0.2, 0.25) is 5.91 Å². The maximum Gasteiger partial charge on any atom is 0.236 e. The Bertz CT molecular complexity index is 243. The fourth-order valence-electron chi connectivity index (χ4n) is 2.05. The van der Waals surface area contributed by atoms with E-state index < -0.39 is 5.60 Å². The van der Waals surface area contributed by atoms with E-state index in [1.54, 1.807) is 0 Å². The SMILES string of the molecule is CCNCC(=O)N1CCN(CC(C)(C)O)CC1. The third kappa shape index (κ3) is 5.48. The van der Waals surface area contributed by atoms with Crippen molar-refractivity contribution in [3.8, 4) is 0 Å². The molecule has 17 heavy (non-hydrogen) atoms. The average Bonchev–Trinajstić information content (AvgIpc) is 2.24. The molecule has 0 aliphatic carbocycles. The lowest BCUT2D eigenvalue weighted by atomic mass is 10.1. The normalized spacial score (nSPS) is 18.5. The molecule has 0 bridgehead atoms. The number of hydrogen-bond donors (Lipinski definition) is 2. The van der Waals surface area contributed by atoms with Crippen LogP contribution in [0, 0.1) is 0 Å². The van der Waals surface area contributed by atoms with Crippen molar-refractivity contribution in [2.75, 3.05) is 45.8 Å². The predicted molar refractivity (Wildman–Crippen MR) is 67.9 cm³/mol. The topological polar surface area (TPSA) is 55.8 Å². The van der Waals surface area contributed by atoms with E-state index in [0.717, 1.165) is 32.7 Å². The van der Waals surface area contributed by atoms with Gasteiger partial charge >= 0.3 is 0 Å². The summed E-state index contributed by atoms with van der Waals surface area (Å²) in [5.74, 6) is 0.176. The lowest BCUT2D eigenvalue weighted by Gasteiger charge is -2.37. The van der Waals surface area contributed by atoms with Crippen molar-refractivity contribution >= 4 is 5.91 Å². The van der Waals surface area contributed by atoms with Crippen molar-refractivity contribution in [2.24, 2.45) is 0 Å². The second-order valence-corrected chi connectivity index (χ2v) is 5.25. The lowest BCUT2D eigenvalue weighted by molar-refractivity contribution is -0.132. The van der Waals surface area contributed by atoms with E-state index in [-0.39, 0.29) is 5.91 Å². The number of nitrogens with zero attached hydrogens (tertiary/aromatic N) is 2. The van der Waals surface area contributed by atoms with Gasteiger partial charge in [-0.3, -0.25) is 9.69 Å². The van der Waals surface area contributed by atoms with Crippen LogP contribution < -0.4 is 5.32 Å². The van der Waals surface area contributed by atoms with E-state index in [2.05, 4.69) is 10.2 Å². The van der Waals surface area contributed by atoms with E-state index in [0.29, 0.717) is 13.1 Å². The molecule has 1 fully saturated rings. The largest absolute Gasteiger partial charge is 0.389 e. The number of nitrogens with one attached hydrogen (secondary N) is 1. The summed E-state index contributed by atoms with van der Waals surface area (Å²) in [6, 6.07) is 0. The molecule has 0 aromatic heterocycles. The molecule has 0 saturated carbocycles. The molecular weight excluding hydrogens is 218 g/mol. The molecule has 1 heterocycles. The maximum absolute atomic E-state index is 11.7. The Morgan fingerprint density at radius 1 is 1.29 bits per heavy atom. The molecule has 1 saturated heterocycles. The van der Waals surface area contributed by atoms with Gasteiger partial charge in [0, 0.05) is 32.7 Å². The highest BCUT2D eigenvalue weighted by atomic mass is 16.3. The average molecular weight is 243 g/mol. The van der Waals surface area contributed by atoms with Crippen LogP contribution in [0.5, 0.6) is 0 Å². The molecule has 100 valence electrons. The Hall–Kier alpha value is -0.650. The number of piperazine rings is 1. The van der Waals surface area contributed by atoms with Gasteiger partial charge in [-0.2, -0.15) is 0 Å². The minimum Gasteiger partial charge on any atom is -0.389 e. The van der Waals surface area contributed by atoms with Gasteiger partial charge < -0.3 is 15.3 Å². The highest BCUT2D eigenvalue weighted by molar-refractivity contribution is 5.78. The molecule has 5 heteroatoms. The Balaban J connectivity index is 2.28. The molecule has 0 aromatic rings. The number of rotatable bonds is 5. The highest BCUT2D eigenvalue weighted by Crippen LogP contribution is 2.08. The molecular formula is C12H25N3O2. The van der Waals surface area contributed by atoms with Gasteiger partial charge in [0.05, 0.1) is 12.1 Å². The smallest absolute Gasteiger partial charge is 0.236 e. The summed E-state index contributed by atoms with van der Waals surface area (Å²) in [4.78, 5) is 15.8. The summed E-state index contributed by atoms with van der Waals surface area (Å²) >= 11 is 0. The Labute approximate surface area is 104 Å². The zero-order chi connectivity index (χ0) is 12.9. The van der Waals surface area contributed by atoms with Crippen molar-refractivity contribution in [3.05, 3.63) is 0 Å². The molecule has 0 aromatic carbocycles. The predicted octanol–water partition coefficient (Wildman–Crippen LogP) is -0.489. The van der Waals surface area contributed by atoms with Gasteiger partial charge in [-0.05, 0) is 20.4 Å². The minimum atomic E-state index is -0.657.